The molecule has 1 aliphatic carbocycles. The van der Waals surface area contributed by atoms with Crippen LogP contribution in [0.2, 0.25) is 0 Å². The summed E-state index contributed by atoms with van der Waals surface area (Å²) in [6.07, 6.45) is 0.854. The molecule has 1 aliphatic rings. The molecule has 86 valence electrons. The first-order chi connectivity index (χ1) is 7.95. The molecule has 1 unspecified atom stereocenters. The zero-order valence-electron chi connectivity index (χ0n) is 8.40. The van der Waals surface area contributed by atoms with Gasteiger partial charge in [0.25, 0.3) is 5.78 Å². The third-order valence-electron chi connectivity index (χ3n) is 2.43. The van der Waals surface area contributed by atoms with Crippen molar-refractivity contribution >= 4 is 20.8 Å². The van der Waals surface area contributed by atoms with Crippen LogP contribution in [-0.4, -0.2) is 24.8 Å². The Morgan fingerprint density at radius 2 is 1.82 bits per heavy atom. The van der Waals surface area contributed by atoms with Gasteiger partial charge in [0.05, 0.1) is 4.91 Å². The first kappa shape index (κ1) is 11.4. The fourth-order valence-corrected chi connectivity index (χ4v) is 2.43. The Hall–Kier alpha value is -2.04. The molecular weight excluding hydrogens is 244 g/mol. The second-order valence-corrected chi connectivity index (χ2v) is 4.80. The molecule has 1 atom stereocenters. The van der Waals surface area contributed by atoms with Crippen LogP contribution < -0.4 is 0 Å². The fraction of sp³-hybridized carbons (Fsp3) is 0.100. The molecule has 2 rings (SSSR count). The summed E-state index contributed by atoms with van der Waals surface area (Å²) in [5, 5.41) is 8.63. The van der Waals surface area contributed by atoms with Crippen molar-refractivity contribution in [2.75, 3.05) is 0 Å². The Bertz CT molecular complexity index is 670. The van der Waals surface area contributed by atoms with Crippen LogP contribution in [0.4, 0.5) is 0 Å². The van der Waals surface area contributed by atoms with E-state index in [1.165, 1.54) is 24.3 Å². The maximum atomic E-state index is 11.7. The average Bonchev–Trinajstić information content (AvgIpc) is 2.28. The van der Waals surface area contributed by atoms with Crippen LogP contribution in [-0.2, 0) is 10.1 Å². The van der Waals surface area contributed by atoms with Crippen LogP contribution in [0.25, 0.3) is 9.88 Å². The van der Waals surface area contributed by atoms with Crippen molar-refractivity contribution in [2.24, 2.45) is 0 Å². The summed E-state index contributed by atoms with van der Waals surface area (Å²) >= 11 is 0. The number of hydrogen-bond donors (Lipinski definition) is 0. The molecule has 0 radical (unpaired) electrons. The van der Waals surface area contributed by atoms with Crippen molar-refractivity contribution in [1.29, 1.82) is 5.39 Å². The van der Waals surface area contributed by atoms with Gasteiger partial charge in [-0.1, -0.05) is 24.3 Å². The standard InChI is InChI=1S/C10H6N2O4S/c11-12-8-5-9(17(14,15)16)6-3-1-2-4-7(6)10(8)13/h1-5,8H. The van der Waals surface area contributed by atoms with Crippen molar-refractivity contribution in [3.05, 3.63) is 46.4 Å². The summed E-state index contributed by atoms with van der Waals surface area (Å²) in [5.41, 5.74) is 0.111. The van der Waals surface area contributed by atoms with Crippen molar-refractivity contribution in [3.63, 3.8) is 0 Å². The molecule has 0 N–H and O–H groups in total. The minimum absolute atomic E-state index is 0.0485. The van der Waals surface area contributed by atoms with E-state index in [4.69, 9.17) is 5.39 Å². The summed E-state index contributed by atoms with van der Waals surface area (Å²) < 4.78 is 33.2. The summed E-state index contributed by atoms with van der Waals surface area (Å²) in [7, 11) is -4.72. The van der Waals surface area contributed by atoms with Gasteiger partial charge < -0.3 is 4.55 Å². The van der Waals surface area contributed by atoms with Gasteiger partial charge in [-0.25, -0.2) is 8.42 Å². The number of carbonyl (C=O) groups is 1. The van der Waals surface area contributed by atoms with E-state index in [1.807, 2.05) is 0 Å². The van der Waals surface area contributed by atoms with Crippen LogP contribution in [0.5, 0.6) is 0 Å². The molecule has 0 bridgehead atoms. The van der Waals surface area contributed by atoms with Crippen LogP contribution in [0.3, 0.4) is 0 Å². The fourth-order valence-electron chi connectivity index (χ4n) is 1.68. The molecule has 6 nitrogen and oxygen atoms in total. The lowest BCUT2D eigenvalue weighted by atomic mass is 9.93. The van der Waals surface area contributed by atoms with Gasteiger partial charge >= 0.3 is 6.04 Å². The first-order valence-electron chi connectivity index (χ1n) is 4.60. The van der Waals surface area contributed by atoms with Crippen molar-refractivity contribution < 1.29 is 17.8 Å². The molecule has 0 fully saturated rings. The van der Waals surface area contributed by atoms with E-state index in [0.717, 1.165) is 6.08 Å². The van der Waals surface area contributed by atoms with E-state index < -0.39 is 26.8 Å². The van der Waals surface area contributed by atoms with Gasteiger partial charge in [0.2, 0.25) is 5.39 Å². The molecule has 0 heterocycles. The van der Waals surface area contributed by atoms with E-state index >= 15 is 0 Å². The van der Waals surface area contributed by atoms with Crippen molar-refractivity contribution in [1.82, 2.24) is 0 Å². The lowest BCUT2D eigenvalue weighted by Crippen LogP contribution is -2.23. The lowest BCUT2D eigenvalue weighted by Gasteiger charge is -2.17. The van der Waals surface area contributed by atoms with Crippen LogP contribution in [0.15, 0.2) is 30.3 Å². The molecule has 1 aromatic carbocycles. The third kappa shape index (κ3) is 1.84. The largest absolute Gasteiger partial charge is 0.744 e. The molecule has 0 saturated carbocycles. The lowest BCUT2D eigenvalue weighted by molar-refractivity contribution is 0.0987. The number of ketones is 1. The van der Waals surface area contributed by atoms with Crippen LogP contribution in [0.1, 0.15) is 15.9 Å². The molecule has 17 heavy (non-hydrogen) atoms. The zero-order valence-corrected chi connectivity index (χ0v) is 9.22. The average molecular weight is 250 g/mol. The number of benzene rings is 1. The second kappa shape index (κ2) is 3.76. The van der Waals surface area contributed by atoms with Gasteiger partial charge in [0.15, 0.2) is 0 Å². The van der Waals surface area contributed by atoms with E-state index in [-0.39, 0.29) is 11.1 Å². The first-order valence-corrected chi connectivity index (χ1v) is 6.01. The van der Waals surface area contributed by atoms with E-state index in [2.05, 4.69) is 4.98 Å². The monoisotopic (exact) mass is 250 g/mol. The molecule has 0 spiro atoms. The Morgan fingerprint density at radius 3 is 2.35 bits per heavy atom. The van der Waals surface area contributed by atoms with E-state index in [1.54, 1.807) is 0 Å². The number of carbonyl (C=O) groups excluding carboxylic acids is 1. The van der Waals surface area contributed by atoms with Gasteiger partial charge in [0, 0.05) is 17.2 Å². The SMILES string of the molecule is N#[N+]C1C=C(S(=O)(=O)[O-])c2ccccc2C1=O. The van der Waals surface area contributed by atoms with E-state index in [0.29, 0.717) is 0 Å². The van der Waals surface area contributed by atoms with Crippen LogP contribution in [0, 0.1) is 5.39 Å². The molecule has 0 saturated heterocycles. The quantitative estimate of drug-likeness (QED) is 0.546. The highest BCUT2D eigenvalue weighted by atomic mass is 32.2. The predicted octanol–water partition coefficient (Wildman–Crippen LogP) is 0.991. The normalized spacial score (nSPS) is 19.2. The highest BCUT2D eigenvalue weighted by Crippen LogP contribution is 2.30. The zero-order chi connectivity index (χ0) is 12.6. The highest BCUT2D eigenvalue weighted by molar-refractivity contribution is 7.95. The molecule has 0 aliphatic heterocycles. The Balaban J connectivity index is 2.77. The summed E-state index contributed by atoms with van der Waals surface area (Å²) in [4.78, 5) is 14.0. The smallest absolute Gasteiger partial charge is 0.395 e. The summed E-state index contributed by atoms with van der Waals surface area (Å²) in [6, 6.07) is 4.45. The Morgan fingerprint density at radius 1 is 1.24 bits per heavy atom. The topological polar surface area (TPSA) is 102 Å². The van der Waals surface area contributed by atoms with Gasteiger partial charge in [-0.15, -0.1) is 0 Å². The molecule has 7 heteroatoms. The number of fused-ring (bicyclic) bond motifs is 1. The molecular formula is C10H6N2O4S. The second-order valence-electron chi connectivity index (χ2n) is 3.46. The van der Waals surface area contributed by atoms with Crippen molar-refractivity contribution in [2.45, 2.75) is 6.04 Å². The van der Waals surface area contributed by atoms with Crippen LogP contribution >= 0.6 is 0 Å². The number of Topliss-reactive ketones (excluding diaryl/α,β-unsaturated/α-hetero) is 1. The van der Waals surface area contributed by atoms with Crippen molar-refractivity contribution in [3.8, 4) is 0 Å². The molecule has 0 amide bonds. The predicted molar refractivity (Wildman–Crippen MR) is 57.3 cm³/mol. The summed E-state index contributed by atoms with van der Waals surface area (Å²) in [5.74, 6) is -0.546. The maximum Gasteiger partial charge on any atom is 0.395 e. The molecule has 0 aromatic heterocycles. The number of diazo groups is 1. The number of nitrogens with zero attached hydrogens (tertiary/aromatic N) is 2. The van der Waals surface area contributed by atoms with E-state index in [9.17, 15) is 17.8 Å². The minimum Gasteiger partial charge on any atom is -0.744 e. The number of rotatable bonds is 1. The summed E-state index contributed by atoms with van der Waals surface area (Å²) in [6.45, 7) is 0. The maximum absolute atomic E-state index is 11.7. The third-order valence-corrected chi connectivity index (χ3v) is 3.32. The van der Waals surface area contributed by atoms with Gasteiger partial charge in [0.1, 0.15) is 15.1 Å². The number of hydrogen-bond acceptors (Lipinski definition) is 5. The molecule has 1 aromatic rings. The van der Waals surface area contributed by atoms with Gasteiger partial charge in [-0.3, -0.25) is 4.79 Å². The Kier molecular flexibility index (Phi) is 2.53. The highest BCUT2D eigenvalue weighted by Gasteiger charge is 2.37. The Labute approximate surface area is 96.9 Å². The van der Waals surface area contributed by atoms with Gasteiger partial charge in [-0.2, -0.15) is 0 Å². The van der Waals surface area contributed by atoms with Gasteiger partial charge in [-0.05, 0) is 0 Å². The minimum atomic E-state index is -4.72.